The quantitative estimate of drug-likeness (QED) is 0.443. The van der Waals surface area contributed by atoms with Gasteiger partial charge in [0.1, 0.15) is 17.0 Å². The molecule has 124 valence electrons. The number of nitrogens with zero attached hydrogens (tertiary/aromatic N) is 3. The zero-order valence-electron chi connectivity index (χ0n) is 13.7. The van der Waals surface area contributed by atoms with Gasteiger partial charge in [-0.2, -0.15) is 5.10 Å². The third-order valence-corrected chi connectivity index (χ3v) is 3.97. The fraction of sp³-hybridized carbons (Fsp3) is 0.111. The van der Waals surface area contributed by atoms with Gasteiger partial charge in [0.25, 0.3) is 5.56 Å². The molecule has 0 atom stereocenters. The van der Waals surface area contributed by atoms with Crippen molar-refractivity contribution in [2.24, 2.45) is 5.10 Å². The molecule has 0 bridgehead atoms. The van der Waals surface area contributed by atoms with E-state index in [4.69, 9.17) is 4.42 Å². The van der Waals surface area contributed by atoms with Crippen LogP contribution in [-0.4, -0.2) is 20.9 Å². The number of rotatable bonds is 3. The van der Waals surface area contributed by atoms with Gasteiger partial charge in [0.2, 0.25) is 5.95 Å². The molecule has 0 aliphatic carbocycles. The van der Waals surface area contributed by atoms with Crippen LogP contribution in [0.15, 0.2) is 56.8 Å². The fourth-order valence-corrected chi connectivity index (χ4v) is 2.61. The van der Waals surface area contributed by atoms with E-state index in [1.54, 1.807) is 6.92 Å². The van der Waals surface area contributed by atoms with Crippen LogP contribution in [0.1, 0.15) is 18.4 Å². The first-order chi connectivity index (χ1) is 12.1. The number of hydrazone groups is 1. The Morgan fingerprint density at radius 3 is 2.84 bits per heavy atom. The predicted octanol–water partition coefficient (Wildman–Crippen LogP) is 3.21. The summed E-state index contributed by atoms with van der Waals surface area (Å²) < 4.78 is 5.89. The van der Waals surface area contributed by atoms with E-state index in [0.29, 0.717) is 17.2 Å². The number of aromatic amines is 1. The van der Waals surface area contributed by atoms with E-state index in [-0.39, 0.29) is 11.5 Å². The molecule has 0 fully saturated rings. The highest BCUT2D eigenvalue weighted by molar-refractivity contribution is 6.09. The molecule has 0 aliphatic rings. The Labute approximate surface area is 142 Å². The van der Waals surface area contributed by atoms with Gasteiger partial charge in [-0.3, -0.25) is 9.78 Å². The Bertz CT molecular complexity index is 1170. The summed E-state index contributed by atoms with van der Waals surface area (Å²) in [7, 11) is 0. The molecular weight excluding hydrogens is 318 g/mol. The number of nitrogens with one attached hydrogen (secondary N) is 2. The Morgan fingerprint density at radius 2 is 2.00 bits per heavy atom. The van der Waals surface area contributed by atoms with Crippen LogP contribution >= 0.6 is 0 Å². The summed E-state index contributed by atoms with van der Waals surface area (Å²) in [5.41, 5.74) is 4.11. The molecule has 0 saturated heterocycles. The van der Waals surface area contributed by atoms with Crippen molar-refractivity contribution in [2.75, 3.05) is 5.43 Å². The maximum atomic E-state index is 11.5. The molecule has 0 amide bonds. The minimum atomic E-state index is -0.305. The standard InChI is InChI=1S/C18H15N5O2/c1-10(20-22-18-19-17(24)11(2)21-23-18)16-9-14-13-6-4-3-5-12(13)7-8-15(14)25-16/h3-9H,1-2H3,(H2,19,22,23,24)/b20-10-. The molecule has 0 aliphatic heterocycles. The number of aryl methyl sites for hydroxylation is 1. The molecule has 7 nitrogen and oxygen atoms in total. The summed E-state index contributed by atoms with van der Waals surface area (Å²) >= 11 is 0. The Morgan fingerprint density at radius 1 is 1.16 bits per heavy atom. The highest BCUT2D eigenvalue weighted by Gasteiger charge is 2.09. The Balaban J connectivity index is 1.69. The Hall–Kier alpha value is -3.48. The molecule has 0 unspecified atom stereocenters. The van der Waals surface area contributed by atoms with Crippen LogP contribution in [0.3, 0.4) is 0 Å². The average Bonchev–Trinajstić information content (AvgIpc) is 3.07. The number of aromatic nitrogens is 3. The summed E-state index contributed by atoms with van der Waals surface area (Å²) in [5.74, 6) is 0.817. The van der Waals surface area contributed by atoms with E-state index in [9.17, 15) is 4.79 Å². The second-order valence-electron chi connectivity index (χ2n) is 5.71. The first kappa shape index (κ1) is 15.1. The lowest BCUT2D eigenvalue weighted by atomic mass is 10.1. The largest absolute Gasteiger partial charge is 0.455 e. The molecule has 4 rings (SSSR count). The van der Waals surface area contributed by atoms with Crippen molar-refractivity contribution in [3.63, 3.8) is 0 Å². The van der Waals surface area contributed by atoms with Crippen molar-refractivity contribution >= 4 is 33.4 Å². The smallest absolute Gasteiger partial charge is 0.274 e. The second-order valence-corrected chi connectivity index (χ2v) is 5.71. The molecule has 0 spiro atoms. The van der Waals surface area contributed by atoms with Gasteiger partial charge >= 0.3 is 0 Å². The number of anilines is 1. The number of furan rings is 1. The third kappa shape index (κ3) is 2.76. The van der Waals surface area contributed by atoms with Crippen LogP contribution in [0.25, 0.3) is 21.7 Å². The van der Waals surface area contributed by atoms with E-state index in [2.05, 4.69) is 37.8 Å². The minimum absolute atomic E-state index is 0.177. The molecule has 0 saturated carbocycles. The maximum absolute atomic E-state index is 11.5. The molecule has 0 radical (unpaired) electrons. The maximum Gasteiger partial charge on any atom is 0.274 e. The van der Waals surface area contributed by atoms with E-state index in [1.165, 1.54) is 0 Å². The highest BCUT2D eigenvalue weighted by Crippen LogP contribution is 2.28. The molecule has 25 heavy (non-hydrogen) atoms. The van der Waals surface area contributed by atoms with Gasteiger partial charge in [-0.25, -0.2) is 5.43 Å². The van der Waals surface area contributed by atoms with Crippen LogP contribution < -0.4 is 11.0 Å². The minimum Gasteiger partial charge on any atom is -0.455 e. The topological polar surface area (TPSA) is 96.2 Å². The molecule has 2 aromatic heterocycles. The summed E-state index contributed by atoms with van der Waals surface area (Å²) in [6, 6.07) is 14.1. The summed E-state index contributed by atoms with van der Waals surface area (Å²) in [5, 5.41) is 15.1. The van der Waals surface area contributed by atoms with Crippen molar-refractivity contribution in [3.05, 3.63) is 64.3 Å². The first-order valence-corrected chi connectivity index (χ1v) is 7.77. The molecule has 2 heterocycles. The molecule has 2 aromatic carbocycles. The van der Waals surface area contributed by atoms with Crippen molar-refractivity contribution < 1.29 is 4.42 Å². The highest BCUT2D eigenvalue weighted by atomic mass is 16.3. The zero-order chi connectivity index (χ0) is 17.4. The lowest BCUT2D eigenvalue weighted by Crippen LogP contribution is -2.15. The summed E-state index contributed by atoms with van der Waals surface area (Å²) in [4.78, 5) is 14.1. The molecule has 7 heteroatoms. The third-order valence-electron chi connectivity index (χ3n) is 3.97. The first-order valence-electron chi connectivity index (χ1n) is 7.77. The Kier molecular flexibility index (Phi) is 3.53. The molecular formula is C18H15N5O2. The van der Waals surface area contributed by atoms with Gasteiger partial charge in [-0.15, -0.1) is 10.2 Å². The van der Waals surface area contributed by atoms with Crippen LogP contribution in [0.4, 0.5) is 5.95 Å². The summed E-state index contributed by atoms with van der Waals surface area (Å²) in [6.07, 6.45) is 0. The van der Waals surface area contributed by atoms with Crippen LogP contribution in [0.5, 0.6) is 0 Å². The van der Waals surface area contributed by atoms with Gasteiger partial charge in [0.05, 0.1) is 0 Å². The normalized spacial score (nSPS) is 12.0. The lowest BCUT2D eigenvalue weighted by molar-refractivity contribution is 0.604. The van der Waals surface area contributed by atoms with Gasteiger partial charge in [-0.05, 0) is 36.8 Å². The zero-order valence-corrected chi connectivity index (χ0v) is 13.7. The van der Waals surface area contributed by atoms with E-state index < -0.39 is 0 Å². The molecule has 2 N–H and O–H groups in total. The van der Waals surface area contributed by atoms with Crippen LogP contribution in [-0.2, 0) is 0 Å². The molecule has 4 aromatic rings. The van der Waals surface area contributed by atoms with Crippen molar-refractivity contribution in [1.82, 2.24) is 15.2 Å². The van der Waals surface area contributed by atoms with E-state index in [1.807, 2.05) is 37.3 Å². The average molecular weight is 333 g/mol. The van der Waals surface area contributed by atoms with Gasteiger partial charge in [0, 0.05) is 5.39 Å². The van der Waals surface area contributed by atoms with Crippen molar-refractivity contribution in [1.29, 1.82) is 0 Å². The SMILES string of the molecule is C/C(=N/Nc1nnc(C)c(=O)[nH]1)c1cc2c(ccc3ccccc32)o1. The van der Waals surface area contributed by atoms with Gasteiger partial charge in [-0.1, -0.05) is 30.3 Å². The monoisotopic (exact) mass is 333 g/mol. The van der Waals surface area contributed by atoms with Crippen LogP contribution in [0, 0.1) is 6.92 Å². The number of H-pyrrole nitrogens is 1. The van der Waals surface area contributed by atoms with Crippen molar-refractivity contribution in [3.8, 4) is 0 Å². The van der Waals surface area contributed by atoms with Gasteiger partial charge in [0.15, 0.2) is 5.76 Å². The van der Waals surface area contributed by atoms with E-state index >= 15 is 0 Å². The summed E-state index contributed by atoms with van der Waals surface area (Å²) in [6.45, 7) is 3.40. The lowest BCUT2D eigenvalue weighted by Gasteiger charge is -1.99. The fourth-order valence-electron chi connectivity index (χ4n) is 2.61. The van der Waals surface area contributed by atoms with Crippen molar-refractivity contribution in [2.45, 2.75) is 13.8 Å². The number of hydrogen-bond acceptors (Lipinski definition) is 6. The number of hydrogen-bond donors (Lipinski definition) is 2. The second kappa shape index (κ2) is 5.86. The van der Waals surface area contributed by atoms with E-state index in [0.717, 1.165) is 21.7 Å². The van der Waals surface area contributed by atoms with Gasteiger partial charge < -0.3 is 4.42 Å². The number of benzene rings is 2. The number of fused-ring (bicyclic) bond motifs is 3. The van der Waals surface area contributed by atoms with Crippen LogP contribution in [0.2, 0.25) is 0 Å². The predicted molar refractivity (Wildman–Crippen MR) is 96.9 cm³/mol.